The van der Waals surface area contributed by atoms with Crippen molar-refractivity contribution in [3.8, 4) is 17.2 Å². The number of nitrogens with zero attached hydrogens (tertiary/aromatic N) is 3. The Kier molecular flexibility index (Phi) is 5.12. The van der Waals surface area contributed by atoms with Gasteiger partial charge in [-0.2, -0.15) is 5.10 Å². The van der Waals surface area contributed by atoms with Gasteiger partial charge in [0.05, 0.1) is 28.3 Å². The van der Waals surface area contributed by atoms with E-state index in [2.05, 4.69) is 10.5 Å². The van der Waals surface area contributed by atoms with Crippen LogP contribution in [0.3, 0.4) is 0 Å². The van der Waals surface area contributed by atoms with Crippen LogP contribution < -0.4 is 14.9 Å². The number of nitro groups is 1. The van der Waals surface area contributed by atoms with E-state index in [-0.39, 0.29) is 29.6 Å². The van der Waals surface area contributed by atoms with Gasteiger partial charge >= 0.3 is 0 Å². The molecule has 158 valence electrons. The summed E-state index contributed by atoms with van der Waals surface area (Å²) in [6.45, 7) is 3.57. The van der Waals surface area contributed by atoms with Gasteiger partial charge in [-0.3, -0.25) is 14.9 Å². The lowest BCUT2D eigenvalue weighted by atomic mass is 10.1. The van der Waals surface area contributed by atoms with Crippen LogP contribution in [0.4, 0.5) is 10.1 Å². The maximum atomic E-state index is 13.2. The molecule has 0 spiro atoms. The summed E-state index contributed by atoms with van der Waals surface area (Å²) in [7, 11) is 0. The number of nitro benzene ring substituents is 1. The Morgan fingerprint density at radius 1 is 1.19 bits per heavy atom. The lowest BCUT2D eigenvalue weighted by Gasteiger charge is -2.09. The molecule has 0 unspecified atom stereocenters. The van der Waals surface area contributed by atoms with Crippen molar-refractivity contribution in [1.29, 1.82) is 0 Å². The van der Waals surface area contributed by atoms with Crippen LogP contribution in [0, 0.1) is 29.8 Å². The van der Waals surface area contributed by atoms with Crippen molar-refractivity contribution in [2.45, 2.75) is 13.8 Å². The molecular weight excluding hydrogens is 407 g/mol. The lowest BCUT2D eigenvalue weighted by Crippen LogP contribution is -2.18. The van der Waals surface area contributed by atoms with Gasteiger partial charge < -0.3 is 14.0 Å². The summed E-state index contributed by atoms with van der Waals surface area (Å²) >= 11 is 0. The monoisotopic (exact) mass is 424 g/mol. The number of benzene rings is 2. The fourth-order valence-corrected chi connectivity index (χ4v) is 3.41. The van der Waals surface area contributed by atoms with Gasteiger partial charge in [-0.15, -0.1) is 0 Å². The molecule has 1 amide bonds. The van der Waals surface area contributed by atoms with Crippen molar-refractivity contribution in [2.24, 2.45) is 5.10 Å². The van der Waals surface area contributed by atoms with Crippen LogP contribution in [0.15, 0.2) is 47.6 Å². The molecule has 0 bridgehead atoms. The number of halogens is 1. The van der Waals surface area contributed by atoms with Crippen molar-refractivity contribution in [1.82, 2.24) is 9.99 Å². The molecule has 31 heavy (non-hydrogen) atoms. The standard InChI is InChI=1S/C21H17FN4O5/c1-12-7-17(13(2)25(12)16-5-3-15(22)4-6-16)21(27)24-23-10-14-8-19-20(31-11-30-19)9-18(14)26(28)29/h3-10H,11H2,1-2H3,(H,24,27)/b23-10-. The normalized spacial score (nSPS) is 12.4. The van der Waals surface area contributed by atoms with Gasteiger partial charge in [-0.1, -0.05) is 0 Å². The quantitative estimate of drug-likeness (QED) is 0.382. The summed E-state index contributed by atoms with van der Waals surface area (Å²) in [4.78, 5) is 23.4. The first-order valence-electron chi connectivity index (χ1n) is 9.21. The Hall–Kier alpha value is -4.21. The average Bonchev–Trinajstić information content (AvgIpc) is 3.31. The van der Waals surface area contributed by atoms with Crippen LogP contribution in [-0.4, -0.2) is 28.4 Å². The number of aryl methyl sites for hydroxylation is 1. The van der Waals surface area contributed by atoms with E-state index < -0.39 is 10.8 Å². The minimum atomic E-state index is -0.568. The largest absolute Gasteiger partial charge is 0.454 e. The zero-order valence-corrected chi connectivity index (χ0v) is 16.6. The molecule has 0 radical (unpaired) electrons. The third kappa shape index (κ3) is 3.82. The Labute approximate surface area is 175 Å². The molecule has 0 fully saturated rings. The van der Waals surface area contributed by atoms with E-state index in [0.717, 1.165) is 11.4 Å². The van der Waals surface area contributed by atoms with Crippen LogP contribution in [-0.2, 0) is 0 Å². The van der Waals surface area contributed by atoms with Crippen molar-refractivity contribution < 1.29 is 23.6 Å². The molecule has 2 heterocycles. The van der Waals surface area contributed by atoms with E-state index >= 15 is 0 Å². The van der Waals surface area contributed by atoms with Gasteiger partial charge in [0.1, 0.15) is 5.82 Å². The molecule has 10 heteroatoms. The molecule has 0 saturated carbocycles. The highest BCUT2D eigenvalue weighted by molar-refractivity contribution is 5.97. The number of hydrogen-bond donors (Lipinski definition) is 1. The summed E-state index contributed by atoms with van der Waals surface area (Å²) in [5.41, 5.74) is 4.84. The van der Waals surface area contributed by atoms with Crippen molar-refractivity contribution in [3.05, 3.63) is 80.9 Å². The first-order chi connectivity index (χ1) is 14.8. The molecule has 3 aromatic rings. The molecule has 4 rings (SSSR count). The molecular formula is C21H17FN4O5. The Morgan fingerprint density at radius 3 is 2.55 bits per heavy atom. The molecule has 1 aromatic heterocycles. The number of fused-ring (bicyclic) bond motifs is 1. The summed E-state index contributed by atoms with van der Waals surface area (Å²) in [6, 6.07) is 10.3. The SMILES string of the molecule is Cc1cc(C(=O)N/N=C\c2cc3c(cc2[N+](=O)[O-])OCO3)c(C)n1-c1ccc(F)cc1. The fraction of sp³-hybridized carbons (Fsp3) is 0.143. The number of hydrazone groups is 1. The van der Waals surface area contributed by atoms with Gasteiger partial charge in [0.2, 0.25) is 6.79 Å². The molecule has 2 aromatic carbocycles. The summed E-state index contributed by atoms with van der Waals surface area (Å²) in [5.74, 6) is -0.195. The predicted octanol–water partition coefficient (Wildman–Crippen LogP) is 3.63. The smallest absolute Gasteiger partial charge is 0.282 e. The van der Waals surface area contributed by atoms with Gasteiger partial charge in [-0.05, 0) is 50.2 Å². The maximum Gasteiger partial charge on any atom is 0.282 e. The van der Waals surface area contributed by atoms with Crippen LogP contribution in [0.1, 0.15) is 27.3 Å². The number of nitrogens with one attached hydrogen (secondary N) is 1. The van der Waals surface area contributed by atoms with Crippen LogP contribution in [0.2, 0.25) is 0 Å². The number of hydrogen-bond acceptors (Lipinski definition) is 6. The van der Waals surface area contributed by atoms with E-state index in [9.17, 15) is 19.3 Å². The predicted molar refractivity (Wildman–Crippen MR) is 109 cm³/mol. The molecule has 0 aliphatic carbocycles. The molecule has 1 aliphatic rings. The second kappa shape index (κ2) is 7.90. The topological polar surface area (TPSA) is 108 Å². The highest BCUT2D eigenvalue weighted by Crippen LogP contribution is 2.37. The summed E-state index contributed by atoms with van der Waals surface area (Å²) < 4.78 is 25.4. The van der Waals surface area contributed by atoms with E-state index in [4.69, 9.17) is 9.47 Å². The number of aromatic nitrogens is 1. The van der Waals surface area contributed by atoms with Crippen LogP contribution in [0.25, 0.3) is 5.69 Å². The highest BCUT2D eigenvalue weighted by Gasteiger charge is 2.23. The van der Waals surface area contributed by atoms with E-state index in [1.807, 2.05) is 11.5 Å². The Morgan fingerprint density at radius 2 is 1.87 bits per heavy atom. The minimum Gasteiger partial charge on any atom is -0.454 e. The zero-order valence-electron chi connectivity index (χ0n) is 16.6. The van der Waals surface area contributed by atoms with Crippen LogP contribution >= 0.6 is 0 Å². The molecule has 9 nitrogen and oxygen atoms in total. The number of carbonyl (C=O) groups is 1. The molecule has 0 saturated heterocycles. The fourth-order valence-electron chi connectivity index (χ4n) is 3.41. The molecule has 0 atom stereocenters. The number of ether oxygens (including phenoxy) is 2. The van der Waals surface area contributed by atoms with Crippen molar-refractivity contribution in [3.63, 3.8) is 0 Å². The lowest BCUT2D eigenvalue weighted by molar-refractivity contribution is -0.385. The average molecular weight is 424 g/mol. The van der Waals surface area contributed by atoms with Gasteiger partial charge in [0.15, 0.2) is 11.5 Å². The Bertz CT molecular complexity index is 1220. The molecule has 1 N–H and O–H groups in total. The Balaban J connectivity index is 1.56. The van der Waals surface area contributed by atoms with E-state index in [0.29, 0.717) is 17.0 Å². The van der Waals surface area contributed by atoms with Gasteiger partial charge in [0.25, 0.3) is 11.6 Å². The molecule has 1 aliphatic heterocycles. The van der Waals surface area contributed by atoms with Gasteiger partial charge in [-0.25, -0.2) is 9.82 Å². The number of rotatable bonds is 5. The zero-order chi connectivity index (χ0) is 22.1. The van der Waals surface area contributed by atoms with Crippen molar-refractivity contribution in [2.75, 3.05) is 6.79 Å². The first kappa shape index (κ1) is 20.1. The third-order valence-electron chi connectivity index (χ3n) is 4.85. The summed E-state index contributed by atoms with van der Waals surface area (Å²) in [5, 5.41) is 15.2. The minimum absolute atomic E-state index is 0.0203. The number of amides is 1. The third-order valence-corrected chi connectivity index (χ3v) is 4.85. The van der Waals surface area contributed by atoms with E-state index in [1.54, 1.807) is 25.1 Å². The summed E-state index contributed by atoms with van der Waals surface area (Å²) in [6.07, 6.45) is 1.18. The second-order valence-corrected chi connectivity index (χ2v) is 6.82. The van der Waals surface area contributed by atoms with Gasteiger partial charge in [0, 0.05) is 17.1 Å². The number of carbonyl (C=O) groups excluding carboxylic acids is 1. The highest BCUT2D eigenvalue weighted by atomic mass is 19.1. The maximum absolute atomic E-state index is 13.2. The second-order valence-electron chi connectivity index (χ2n) is 6.82. The van der Waals surface area contributed by atoms with Crippen LogP contribution in [0.5, 0.6) is 11.5 Å². The first-order valence-corrected chi connectivity index (χ1v) is 9.21. The van der Waals surface area contributed by atoms with E-state index in [1.165, 1.54) is 30.5 Å². The van der Waals surface area contributed by atoms with Crippen molar-refractivity contribution >= 4 is 17.8 Å².